The summed E-state index contributed by atoms with van der Waals surface area (Å²) in [7, 11) is 2.21. The van der Waals surface area contributed by atoms with Gasteiger partial charge in [-0.3, -0.25) is 4.90 Å². The van der Waals surface area contributed by atoms with Crippen LogP contribution in [0.25, 0.3) is 0 Å². The first-order valence-corrected chi connectivity index (χ1v) is 11.6. The lowest BCUT2D eigenvalue weighted by atomic mass is 10.1. The molecule has 2 atom stereocenters. The molecule has 2 aliphatic heterocycles. The van der Waals surface area contributed by atoms with Crippen LogP contribution in [-0.2, 0) is 13.0 Å². The number of nitrogens with one attached hydrogen (secondary N) is 1. The van der Waals surface area contributed by atoms with Crippen molar-refractivity contribution in [2.24, 2.45) is 0 Å². The molecule has 1 fully saturated rings. The van der Waals surface area contributed by atoms with Crippen molar-refractivity contribution in [3.8, 4) is 11.5 Å². The first-order chi connectivity index (χ1) is 14.1. The summed E-state index contributed by atoms with van der Waals surface area (Å²) in [4.78, 5) is 6.48. The van der Waals surface area contributed by atoms with Crippen LogP contribution in [0, 0.1) is 0 Å². The van der Waals surface area contributed by atoms with Crippen LogP contribution < -0.4 is 14.8 Å². The van der Waals surface area contributed by atoms with Crippen LogP contribution >= 0.6 is 11.3 Å². The second kappa shape index (κ2) is 9.47. The first-order valence-electron chi connectivity index (χ1n) is 10.8. The number of hydrogen-bond donors (Lipinski definition) is 1. The van der Waals surface area contributed by atoms with Gasteiger partial charge in [-0.15, -0.1) is 11.3 Å². The number of likely N-dealkylation sites (N-methyl/N-ethyl adjacent to an activating group) is 1. The largest absolute Gasteiger partial charge is 0.494 e. The summed E-state index contributed by atoms with van der Waals surface area (Å²) in [6, 6.07) is 9.20. The fourth-order valence-electron chi connectivity index (χ4n) is 4.28. The SMILES string of the molecule is CCOc1cc2c(cc1CNC[C@H](c1cccs1)N1CCN(C)CC1)O[C@H](C)C2. The van der Waals surface area contributed by atoms with Gasteiger partial charge in [-0.05, 0) is 44.5 Å². The Hall–Kier alpha value is -1.60. The Morgan fingerprint density at radius 3 is 2.83 bits per heavy atom. The van der Waals surface area contributed by atoms with E-state index in [0.717, 1.165) is 57.2 Å². The second-order valence-corrected chi connectivity index (χ2v) is 9.11. The number of benzene rings is 1. The van der Waals surface area contributed by atoms with Crippen LogP contribution in [0.2, 0.25) is 0 Å². The molecule has 0 unspecified atom stereocenters. The number of rotatable bonds is 8. The van der Waals surface area contributed by atoms with Crippen molar-refractivity contribution in [3.63, 3.8) is 0 Å². The maximum absolute atomic E-state index is 5.98. The van der Waals surface area contributed by atoms with Gasteiger partial charge in [0, 0.05) is 61.7 Å². The van der Waals surface area contributed by atoms with Crippen LogP contribution in [0.4, 0.5) is 0 Å². The number of ether oxygens (including phenoxy) is 2. The Morgan fingerprint density at radius 1 is 1.28 bits per heavy atom. The van der Waals surface area contributed by atoms with Crippen molar-refractivity contribution >= 4 is 11.3 Å². The van der Waals surface area contributed by atoms with Gasteiger partial charge in [-0.25, -0.2) is 0 Å². The van der Waals surface area contributed by atoms with E-state index in [4.69, 9.17) is 9.47 Å². The Balaban J connectivity index is 1.44. The number of hydrogen-bond acceptors (Lipinski definition) is 6. The van der Waals surface area contributed by atoms with Crippen LogP contribution in [0.15, 0.2) is 29.6 Å². The minimum absolute atomic E-state index is 0.253. The Bertz CT molecular complexity index is 788. The van der Waals surface area contributed by atoms with Gasteiger partial charge in [0.2, 0.25) is 0 Å². The standard InChI is InChI=1S/C23H33N3O2S/c1-4-27-21-13-18-12-17(2)28-22(18)14-19(21)15-24-16-20(23-6-5-11-29-23)26-9-7-25(3)8-10-26/h5-6,11,13-14,17,20,24H,4,7-10,12,15-16H2,1-3H3/t17-,20-/m1/s1. The summed E-state index contributed by atoms with van der Waals surface area (Å²) in [6.45, 7) is 11.1. The van der Waals surface area contributed by atoms with E-state index in [1.807, 2.05) is 18.3 Å². The number of thiophene rings is 1. The molecule has 0 saturated carbocycles. The third-order valence-corrected chi connectivity index (χ3v) is 6.86. The van der Waals surface area contributed by atoms with Crippen LogP contribution in [-0.4, -0.2) is 62.3 Å². The topological polar surface area (TPSA) is 37.0 Å². The van der Waals surface area contributed by atoms with E-state index in [-0.39, 0.29) is 6.10 Å². The van der Waals surface area contributed by atoms with Crippen LogP contribution in [0.5, 0.6) is 11.5 Å². The van der Waals surface area contributed by atoms with Gasteiger partial charge >= 0.3 is 0 Å². The lowest BCUT2D eigenvalue weighted by Gasteiger charge is -2.37. The fraction of sp³-hybridized carbons (Fsp3) is 0.565. The molecule has 3 heterocycles. The second-order valence-electron chi connectivity index (χ2n) is 8.13. The summed E-state index contributed by atoms with van der Waals surface area (Å²) in [5.41, 5.74) is 2.45. The average molecular weight is 416 g/mol. The molecule has 1 N–H and O–H groups in total. The average Bonchev–Trinajstić information content (AvgIpc) is 3.35. The molecule has 0 radical (unpaired) electrons. The zero-order valence-corrected chi connectivity index (χ0v) is 18.6. The highest BCUT2D eigenvalue weighted by molar-refractivity contribution is 7.10. The van der Waals surface area contributed by atoms with E-state index < -0.39 is 0 Å². The number of nitrogens with zero attached hydrogens (tertiary/aromatic N) is 2. The van der Waals surface area contributed by atoms with Gasteiger partial charge in [0.1, 0.15) is 17.6 Å². The molecule has 1 aromatic carbocycles. The molecule has 1 aromatic heterocycles. The molecule has 5 nitrogen and oxygen atoms in total. The third-order valence-electron chi connectivity index (χ3n) is 5.88. The predicted molar refractivity (Wildman–Crippen MR) is 119 cm³/mol. The van der Waals surface area contributed by atoms with Gasteiger partial charge in [-0.1, -0.05) is 6.07 Å². The summed E-state index contributed by atoms with van der Waals surface area (Å²) in [6.07, 6.45) is 1.22. The Labute approximate surface area is 178 Å². The molecule has 2 aliphatic rings. The Morgan fingerprint density at radius 2 is 2.10 bits per heavy atom. The summed E-state index contributed by atoms with van der Waals surface area (Å²) in [5, 5.41) is 5.90. The smallest absolute Gasteiger partial charge is 0.124 e. The van der Waals surface area contributed by atoms with Crippen molar-refractivity contribution in [1.82, 2.24) is 15.1 Å². The molecule has 158 valence electrons. The lowest BCUT2D eigenvalue weighted by molar-refractivity contribution is 0.111. The molecule has 0 spiro atoms. The van der Waals surface area contributed by atoms with Crippen molar-refractivity contribution in [2.75, 3.05) is 46.4 Å². The van der Waals surface area contributed by atoms with Crippen LogP contribution in [0.1, 0.15) is 35.9 Å². The molecule has 0 aliphatic carbocycles. The highest BCUT2D eigenvalue weighted by Crippen LogP contribution is 2.35. The Kier molecular flexibility index (Phi) is 6.75. The molecule has 4 rings (SSSR count). The normalized spacial score (nSPS) is 21.0. The number of fused-ring (bicyclic) bond motifs is 1. The van der Waals surface area contributed by atoms with Crippen molar-refractivity contribution in [1.29, 1.82) is 0 Å². The molecule has 0 amide bonds. The maximum Gasteiger partial charge on any atom is 0.124 e. The van der Waals surface area contributed by atoms with E-state index in [1.54, 1.807) is 0 Å². The highest BCUT2D eigenvalue weighted by atomic mass is 32.1. The van der Waals surface area contributed by atoms with Gasteiger partial charge in [-0.2, -0.15) is 0 Å². The molecular formula is C23H33N3O2S. The maximum atomic E-state index is 5.98. The van der Waals surface area contributed by atoms with E-state index in [0.29, 0.717) is 12.6 Å². The van der Waals surface area contributed by atoms with Crippen molar-refractivity contribution < 1.29 is 9.47 Å². The van der Waals surface area contributed by atoms with E-state index in [2.05, 4.69) is 58.7 Å². The minimum Gasteiger partial charge on any atom is -0.494 e. The lowest BCUT2D eigenvalue weighted by Crippen LogP contribution is -2.47. The fourth-order valence-corrected chi connectivity index (χ4v) is 5.14. The predicted octanol–water partition coefficient (Wildman–Crippen LogP) is 3.55. The zero-order valence-electron chi connectivity index (χ0n) is 17.8. The van der Waals surface area contributed by atoms with E-state index in [9.17, 15) is 0 Å². The first kappa shape index (κ1) is 20.7. The van der Waals surface area contributed by atoms with Gasteiger partial charge in [0.15, 0.2) is 0 Å². The van der Waals surface area contributed by atoms with Gasteiger partial charge in [0.05, 0.1) is 12.6 Å². The van der Waals surface area contributed by atoms with Crippen molar-refractivity contribution in [3.05, 3.63) is 45.6 Å². The monoisotopic (exact) mass is 415 g/mol. The minimum atomic E-state index is 0.253. The van der Waals surface area contributed by atoms with E-state index in [1.165, 1.54) is 16.0 Å². The molecule has 29 heavy (non-hydrogen) atoms. The molecule has 0 bridgehead atoms. The molecule has 6 heteroatoms. The van der Waals surface area contributed by atoms with Gasteiger partial charge < -0.3 is 19.7 Å². The van der Waals surface area contributed by atoms with E-state index >= 15 is 0 Å². The van der Waals surface area contributed by atoms with Crippen LogP contribution in [0.3, 0.4) is 0 Å². The third kappa shape index (κ3) is 4.94. The summed E-state index contributed by atoms with van der Waals surface area (Å²) < 4.78 is 11.9. The van der Waals surface area contributed by atoms with Gasteiger partial charge in [0.25, 0.3) is 0 Å². The molecule has 1 saturated heterocycles. The summed E-state index contributed by atoms with van der Waals surface area (Å²) in [5.74, 6) is 2.01. The summed E-state index contributed by atoms with van der Waals surface area (Å²) >= 11 is 1.86. The zero-order chi connectivity index (χ0) is 20.2. The highest BCUT2D eigenvalue weighted by Gasteiger charge is 2.25. The number of piperazine rings is 1. The molecular weight excluding hydrogens is 382 g/mol. The van der Waals surface area contributed by atoms with Crippen molar-refractivity contribution in [2.45, 2.75) is 39.0 Å². The molecule has 2 aromatic rings. The quantitative estimate of drug-likeness (QED) is 0.714.